The summed E-state index contributed by atoms with van der Waals surface area (Å²) in [6.07, 6.45) is 1.05. The van der Waals surface area contributed by atoms with Gasteiger partial charge in [0.1, 0.15) is 0 Å². The van der Waals surface area contributed by atoms with Crippen molar-refractivity contribution in [1.29, 1.82) is 0 Å². The molecular formula is C13H19ClN2. The third-order valence-electron chi connectivity index (χ3n) is 3.12. The number of aryl methyl sites for hydroxylation is 1. The number of nitrogens with zero attached hydrogens (tertiary/aromatic N) is 1. The molecule has 1 aromatic rings. The van der Waals surface area contributed by atoms with Crippen molar-refractivity contribution in [3.8, 4) is 0 Å². The van der Waals surface area contributed by atoms with Crippen LogP contribution in [-0.2, 0) is 6.42 Å². The summed E-state index contributed by atoms with van der Waals surface area (Å²) in [7, 11) is 0. The number of rotatable bonds is 3. The van der Waals surface area contributed by atoms with Crippen LogP contribution < -0.4 is 5.32 Å². The third kappa shape index (κ3) is 3.21. The lowest BCUT2D eigenvalue weighted by Crippen LogP contribution is -2.44. The van der Waals surface area contributed by atoms with Gasteiger partial charge in [0.2, 0.25) is 0 Å². The lowest BCUT2D eigenvalue weighted by molar-refractivity contribution is 0.244. The average molecular weight is 239 g/mol. The van der Waals surface area contributed by atoms with Gasteiger partial charge < -0.3 is 10.2 Å². The first-order valence-corrected chi connectivity index (χ1v) is 6.31. The quantitative estimate of drug-likeness (QED) is 0.868. The second kappa shape index (κ2) is 5.67. The highest BCUT2D eigenvalue weighted by atomic mass is 35.5. The van der Waals surface area contributed by atoms with Crippen LogP contribution >= 0.6 is 11.6 Å². The molecule has 1 N–H and O–H groups in total. The molecule has 2 rings (SSSR count). The van der Waals surface area contributed by atoms with Crippen molar-refractivity contribution in [2.75, 3.05) is 32.7 Å². The second-order valence-electron chi connectivity index (χ2n) is 4.44. The predicted octanol–water partition coefficient (Wildman–Crippen LogP) is 2.10. The van der Waals surface area contributed by atoms with E-state index in [0.717, 1.165) is 44.2 Å². The van der Waals surface area contributed by atoms with Crippen molar-refractivity contribution < 1.29 is 0 Å². The van der Waals surface area contributed by atoms with Gasteiger partial charge in [-0.15, -0.1) is 0 Å². The maximum Gasteiger partial charge on any atom is 0.0441 e. The summed E-state index contributed by atoms with van der Waals surface area (Å²) >= 11 is 6.22. The minimum Gasteiger partial charge on any atom is -0.314 e. The van der Waals surface area contributed by atoms with Gasteiger partial charge in [0.15, 0.2) is 0 Å². The molecule has 1 heterocycles. The fraction of sp³-hybridized carbons (Fsp3) is 0.538. The van der Waals surface area contributed by atoms with E-state index in [4.69, 9.17) is 11.6 Å². The molecule has 0 atom stereocenters. The first kappa shape index (κ1) is 11.9. The van der Waals surface area contributed by atoms with E-state index < -0.39 is 0 Å². The van der Waals surface area contributed by atoms with Crippen LogP contribution in [-0.4, -0.2) is 37.6 Å². The molecule has 0 radical (unpaired) electrons. The monoisotopic (exact) mass is 238 g/mol. The molecule has 2 nitrogen and oxygen atoms in total. The fourth-order valence-corrected chi connectivity index (χ4v) is 2.40. The summed E-state index contributed by atoms with van der Waals surface area (Å²) in [6.45, 7) is 7.73. The molecule has 0 aromatic heterocycles. The Hall–Kier alpha value is -0.570. The Morgan fingerprint density at radius 2 is 2.06 bits per heavy atom. The number of nitrogens with one attached hydrogen (secondary N) is 1. The van der Waals surface area contributed by atoms with Gasteiger partial charge in [-0.1, -0.05) is 23.7 Å². The highest BCUT2D eigenvalue weighted by Gasteiger charge is 2.09. The Kier molecular flexibility index (Phi) is 4.22. The fourth-order valence-electron chi connectivity index (χ4n) is 2.07. The molecule has 16 heavy (non-hydrogen) atoms. The van der Waals surface area contributed by atoms with E-state index in [0.29, 0.717) is 0 Å². The Morgan fingerprint density at radius 3 is 2.75 bits per heavy atom. The summed E-state index contributed by atoms with van der Waals surface area (Å²) in [5.41, 5.74) is 2.50. The zero-order chi connectivity index (χ0) is 11.4. The van der Waals surface area contributed by atoms with Crippen molar-refractivity contribution in [2.24, 2.45) is 0 Å². The molecular weight excluding hydrogens is 220 g/mol. The normalized spacial score (nSPS) is 17.6. The van der Waals surface area contributed by atoms with Crippen molar-refractivity contribution in [2.45, 2.75) is 13.3 Å². The van der Waals surface area contributed by atoms with Crippen LogP contribution in [0.2, 0.25) is 5.02 Å². The Balaban J connectivity index is 1.88. The predicted molar refractivity (Wildman–Crippen MR) is 69.2 cm³/mol. The van der Waals surface area contributed by atoms with Gasteiger partial charge in [0, 0.05) is 37.7 Å². The zero-order valence-electron chi connectivity index (χ0n) is 9.80. The first-order valence-electron chi connectivity index (χ1n) is 5.94. The Bertz CT molecular complexity index is 346. The zero-order valence-corrected chi connectivity index (χ0v) is 10.6. The molecule has 1 saturated heterocycles. The van der Waals surface area contributed by atoms with Crippen LogP contribution in [0.1, 0.15) is 11.1 Å². The van der Waals surface area contributed by atoms with Gasteiger partial charge in [-0.2, -0.15) is 0 Å². The van der Waals surface area contributed by atoms with Crippen LogP contribution in [0.25, 0.3) is 0 Å². The van der Waals surface area contributed by atoms with E-state index in [-0.39, 0.29) is 0 Å². The van der Waals surface area contributed by atoms with Crippen LogP contribution in [0.3, 0.4) is 0 Å². The topological polar surface area (TPSA) is 15.3 Å². The average Bonchev–Trinajstić information content (AvgIpc) is 2.29. The second-order valence-corrected chi connectivity index (χ2v) is 4.84. The highest BCUT2D eigenvalue weighted by Crippen LogP contribution is 2.18. The molecule has 1 aliphatic heterocycles. The van der Waals surface area contributed by atoms with Crippen molar-refractivity contribution in [3.63, 3.8) is 0 Å². The molecule has 0 saturated carbocycles. The van der Waals surface area contributed by atoms with Gasteiger partial charge >= 0.3 is 0 Å². The van der Waals surface area contributed by atoms with Crippen LogP contribution in [0.15, 0.2) is 18.2 Å². The van der Waals surface area contributed by atoms with Gasteiger partial charge in [0.25, 0.3) is 0 Å². The van der Waals surface area contributed by atoms with Crippen molar-refractivity contribution in [1.82, 2.24) is 10.2 Å². The lowest BCUT2D eigenvalue weighted by Gasteiger charge is -2.27. The van der Waals surface area contributed by atoms with Crippen LogP contribution in [0.4, 0.5) is 0 Å². The third-order valence-corrected chi connectivity index (χ3v) is 3.47. The molecule has 1 aliphatic rings. The molecule has 0 bridgehead atoms. The number of piperazine rings is 1. The minimum absolute atomic E-state index is 0.912. The van der Waals surface area contributed by atoms with E-state index in [9.17, 15) is 0 Å². The highest BCUT2D eigenvalue weighted by molar-refractivity contribution is 6.31. The first-order chi connectivity index (χ1) is 7.75. The van der Waals surface area contributed by atoms with Crippen molar-refractivity contribution >= 4 is 11.6 Å². The smallest absolute Gasteiger partial charge is 0.0441 e. The number of halogens is 1. The summed E-state index contributed by atoms with van der Waals surface area (Å²) in [4.78, 5) is 2.49. The molecule has 0 spiro atoms. The van der Waals surface area contributed by atoms with Gasteiger partial charge in [-0.3, -0.25) is 0 Å². The van der Waals surface area contributed by atoms with E-state index >= 15 is 0 Å². The maximum atomic E-state index is 6.22. The molecule has 88 valence electrons. The number of benzene rings is 1. The minimum atomic E-state index is 0.912. The van der Waals surface area contributed by atoms with E-state index in [1.54, 1.807) is 0 Å². The molecule has 3 heteroatoms. The van der Waals surface area contributed by atoms with Crippen molar-refractivity contribution in [3.05, 3.63) is 34.3 Å². The molecule has 0 unspecified atom stereocenters. The van der Waals surface area contributed by atoms with Crippen LogP contribution in [0, 0.1) is 6.92 Å². The molecule has 0 aliphatic carbocycles. The van der Waals surface area contributed by atoms with E-state index in [1.165, 1.54) is 11.1 Å². The van der Waals surface area contributed by atoms with Gasteiger partial charge in [0.05, 0.1) is 0 Å². The SMILES string of the molecule is Cc1ccc(CCN2CCNCC2)c(Cl)c1. The molecule has 0 amide bonds. The summed E-state index contributed by atoms with van der Waals surface area (Å²) in [5.74, 6) is 0. The van der Waals surface area contributed by atoms with E-state index in [2.05, 4.69) is 35.3 Å². The van der Waals surface area contributed by atoms with E-state index in [1.807, 2.05) is 0 Å². The molecule has 1 fully saturated rings. The lowest BCUT2D eigenvalue weighted by atomic mass is 10.1. The standard InChI is InChI=1S/C13H19ClN2/c1-11-2-3-12(13(14)10-11)4-7-16-8-5-15-6-9-16/h2-3,10,15H,4-9H2,1H3. The summed E-state index contributed by atoms with van der Waals surface area (Å²) in [6, 6.07) is 6.34. The summed E-state index contributed by atoms with van der Waals surface area (Å²) < 4.78 is 0. The number of hydrogen-bond acceptors (Lipinski definition) is 2. The maximum absolute atomic E-state index is 6.22. The summed E-state index contributed by atoms with van der Waals surface area (Å²) in [5, 5.41) is 4.28. The van der Waals surface area contributed by atoms with Crippen LogP contribution in [0.5, 0.6) is 0 Å². The Labute approximate surface area is 103 Å². The van der Waals surface area contributed by atoms with Gasteiger partial charge in [-0.25, -0.2) is 0 Å². The number of hydrogen-bond donors (Lipinski definition) is 1. The largest absolute Gasteiger partial charge is 0.314 e. The van der Waals surface area contributed by atoms with Gasteiger partial charge in [-0.05, 0) is 30.5 Å². The Morgan fingerprint density at radius 1 is 1.31 bits per heavy atom. The molecule has 1 aromatic carbocycles.